The van der Waals surface area contributed by atoms with Gasteiger partial charge < -0.3 is 14.9 Å². The number of hydrogen-bond acceptors (Lipinski definition) is 10. The fraction of sp³-hybridized carbons (Fsp3) is 0.325. The molecule has 0 bridgehead atoms. The Labute approximate surface area is 326 Å². The van der Waals surface area contributed by atoms with Gasteiger partial charge in [0.05, 0.1) is 27.2 Å². The first kappa shape index (κ1) is 40.6. The van der Waals surface area contributed by atoms with Crippen molar-refractivity contribution < 1.29 is 49.9 Å². The van der Waals surface area contributed by atoms with Crippen LogP contribution in [0.15, 0.2) is 110 Å². The lowest BCUT2D eigenvalue weighted by Crippen LogP contribution is -2.26. The molecule has 0 amide bonds. The van der Waals surface area contributed by atoms with Crippen LogP contribution in [0.5, 0.6) is 5.75 Å². The number of aryl methyl sites for hydroxylation is 2. The van der Waals surface area contributed by atoms with Crippen LogP contribution >= 0.6 is 12.0 Å². The third-order valence-electron chi connectivity index (χ3n) is 10.7. The summed E-state index contributed by atoms with van der Waals surface area (Å²) in [6.45, 7) is 12.1. The van der Waals surface area contributed by atoms with Crippen LogP contribution in [0.4, 0.5) is 11.4 Å². The smallest absolute Gasteiger partial charge is 0.294 e. The molecule has 0 atom stereocenters. The number of ether oxygens (including phenoxy) is 1. The van der Waals surface area contributed by atoms with Crippen molar-refractivity contribution in [2.45, 2.75) is 86.3 Å². The van der Waals surface area contributed by atoms with E-state index in [1.807, 2.05) is 71.0 Å². The molecule has 292 valence electrons. The molecule has 2 aliphatic heterocycles. The third kappa shape index (κ3) is 7.72. The molecular weight excluding hydrogens is 765 g/mol. The van der Waals surface area contributed by atoms with E-state index in [0.717, 1.165) is 74.0 Å². The highest BCUT2D eigenvalue weighted by atomic mass is 32.2. The molecule has 3 aromatic carbocycles. The normalized spacial score (nSPS) is 19.6. The van der Waals surface area contributed by atoms with Crippen molar-refractivity contribution >= 4 is 49.4 Å². The van der Waals surface area contributed by atoms with Gasteiger partial charge >= 0.3 is 0 Å². The molecule has 0 aromatic heterocycles. The summed E-state index contributed by atoms with van der Waals surface area (Å²) in [5.41, 5.74) is 8.22. The van der Waals surface area contributed by atoms with Crippen LogP contribution in [0.25, 0.3) is 0 Å². The average Bonchev–Trinajstić information content (AvgIpc) is 3.42. The second-order valence-electron chi connectivity index (χ2n) is 15.1. The van der Waals surface area contributed by atoms with Crippen molar-refractivity contribution in [2.75, 3.05) is 19.0 Å². The number of rotatable bonds is 10. The maximum atomic E-state index is 12.1. The molecule has 0 saturated heterocycles. The van der Waals surface area contributed by atoms with Crippen LogP contribution in [0.1, 0.15) is 69.2 Å². The lowest BCUT2D eigenvalue weighted by molar-refractivity contribution is -0.777. The Bertz CT molecular complexity index is 2460. The van der Waals surface area contributed by atoms with Crippen molar-refractivity contribution in [2.24, 2.45) is 0 Å². The fourth-order valence-electron chi connectivity index (χ4n) is 8.09. The van der Waals surface area contributed by atoms with E-state index in [0.29, 0.717) is 29.9 Å². The van der Waals surface area contributed by atoms with E-state index in [2.05, 4.69) is 39.9 Å². The molecule has 0 spiro atoms. The minimum absolute atomic E-state index is 0.151. The zero-order valence-electron chi connectivity index (χ0n) is 31.8. The van der Waals surface area contributed by atoms with Gasteiger partial charge in [0.15, 0.2) is 5.71 Å². The van der Waals surface area contributed by atoms with Crippen molar-refractivity contribution in [1.82, 2.24) is 0 Å². The van der Waals surface area contributed by atoms with Crippen LogP contribution in [-0.4, -0.2) is 50.3 Å². The summed E-state index contributed by atoms with van der Waals surface area (Å²) >= 11 is 0.856. The summed E-state index contributed by atoms with van der Waals surface area (Å²) in [7, 11) is -4.86. The van der Waals surface area contributed by atoms with E-state index in [1.54, 1.807) is 0 Å². The van der Waals surface area contributed by atoms with Crippen molar-refractivity contribution in [1.29, 1.82) is 0 Å². The topological polar surface area (TPSA) is 166 Å². The number of nitrogens with zero attached hydrogens (tertiary/aromatic N) is 2. The first-order chi connectivity index (χ1) is 25.7. The molecule has 0 saturated carbocycles. The van der Waals surface area contributed by atoms with Crippen LogP contribution < -0.4 is 14.9 Å². The first-order valence-electron chi connectivity index (χ1n) is 17.5. The van der Waals surface area contributed by atoms with Crippen LogP contribution in [-0.2, 0) is 40.4 Å². The van der Waals surface area contributed by atoms with E-state index in [4.69, 9.17) is 4.74 Å². The van der Waals surface area contributed by atoms with Gasteiger partial charge in [-0.2, -0.15) is 25.7 Å². The highest BCUT2D eigenvalue weighted by Crippen LogP contribution is 2.50. The molecule has 3 aromatic rings. The number of benzene rings is 3. The van der Waals surface area contributed by atoms with Gasteiger partial charge in [-0.15, -0.1) is 0 Å². The predicted molar refractivity (Wildman–Crippen MR) is 209 cm³/mol. The predicted octanol–water partition coefficient (Wildman–Crippen LogP) is 7.34. The number of hydrogen-bond donors (Lipinski definition) is 2. The number of allylic oxidation sites excluding steroid dienone is 7. The van der Waals surface area contributed by atoms with E-state index in [-0.39, 0.29) is 9.79 Å². The molecule has 0 fully saturated rings. The molecule has 1 aliphatic carbocycles. The highest BCUT2D eigenvalue weighted by Gasteiger charge is 2.44. The van der Waals surface area contributed by atoms with E-state index in [9.17, 15) is 31.2 Å². The number of likely N-dealkylation sites (N-methyl/N-ethyl adjacent to an activating group) is 1. The summed E-state index contributed by atoms with van der Waals surface area (Å²) in [6, 6.07) is 12.5. The molecular formula is C40H44N2O10S3. The molecule has 12 nitrogen and oxygen atoms in total. The minimum atomic E-state index is -4.41. The zero-order valence-corrected chi connectivity index (χ0v) is 34.3. The van der Waals surface area contributed by atoms with Gasteiger partial charge in [0.25, 0.3) is 20.2 Å². The summed E-state index contributed by atoms with van der Waals surface area (Å²) in [5.74, 6) is 0.997. The molecule has 15 heteroatoms. The monoisotopic (exact) mass is 808 g/mol. The minimum Gasteiger partial charge on any atom is -0.691 e. The Morgan fingerprint density at radius 2 is 1.53 bits per heavy atom. The van der Waals surface area contributed by atoms with E-state index in [1.165, 1.54) is 36.4 Å². The van der Waals surface area contributed by atoms with Gasteiger partial charge in [0, 0.05) is 45.9 Å². The summed E-state index contributed by atoms with van der Waals surface area (Å²) in [6.07, 6.45) is 10.4. The van der Waals surface area contributed by atoms with Crippen LogP contribution in [0, 0.1) is 13.8 Å². The maximum Gasteiger partial charge on any atom is 0.294 e. The average molecular weight is 809 g/mol. The van der Waals surface area contributed by atoms with Crippen molar-refractivity contribution in [3.63, 3.8) is 0 Å². The van der Waals surface area contributed by atoms with Gasteiger partial charge in [0.2, 0.25) is 5.69 Å². The van der Waals surface area contributed by atoms with Crippen LogP contribution in [0.2, 0.25) is 0 Å². The Hall–Kier alpha value is -4.06. The van der Waals surface area contributed by atoms with Crippen molar-refractivity contribution in [3.8, 4) is 5.75 Å². The van der Waals surface area contributed by atoms with Crippen molar-refractivity contribution in [3.05, 3.63) is 118 Å². The Balaban J connectivity index is 1.44. The third-order valence-corrected chi connectivity index (χ3v) is 13.0. The second-order valence-corrected chi connectivity index (χ2v) is 18.7. The standard InChI is InChI=1S/C40H44N2O10S3/c1-24-20-29(53-52-51-43)22-32-36(24)41(7)34(39(32,3)4)18-12-26-10-9-11-27(38(26)50-28-14-16-30(17-15-28)54(44,45)46)13-19-35-40(5,6)33-23-31(55(47,48)49)21-25(2)37(33)42(35)8/h12-23H,9-11H2,1-8H3,(H2-,43,44,45,46,47,48,49). The second kappa shape index (κ2) is 14.8. The maximum absolute atomic E-state index is 12.1. The quantitative estimate of drug-likeness (QED) is 0.0689. The SMILES string of the molecule is Cc1cc(S(=O)(=O)O)cc2c1N(C)/C(=C/C=C1\CCCC(/C=C/C3=[N+](C)c4c(C)cc(SOO[O-])cc4C3(C)C)=C1Oc1ccc(S(=O)(=O)O)cc1)C2(C)C. The molecule has 2 heterocycles. The Kier molecular flexibility index (Phi) is 10.9. The molecule has 2 N–H and O–H groups in total. The summed E-state index contributed by atoms with van der Waals surface area (Å²) in [4.78, 5) is 2.38. The first-order valence-corrected chi connectivity index (χ1v) is 21.1. The van der Waals surface area contributed by atoms with Gasteiger partial charge in [-0.3, -0.25) is 14.1 Å². The summed E-state index contributed by atoms with van der Waals surface area (Å²) in [5, 5.41) is 14.1. The molecule has 55 heavy (non-hydrogen) atoms. The fourth-order valence-corrected chi connectivity index (χ4v) is 9.66. The lowest BCUT2D eigenvalue weighted by Gasteiger charge is -2.25. The largest absolute Gasteiger partial charge is 0.691 e. The number of anilines is 1. The van der Waals surface area contributed by atoms with Gasteiger partial charge in [0.1, 0.15) is 18.6 Å². The highest BCUT2D eigenvalue weighted by molar-refractivity contribution is 7.94. The van der Waals surface area contributed by atoms with E-state index < -0.39 is 31.1 Å². The van der Waals surface area contributed by atoms with Gasteiger partial charge in [-0.25, -0.2) is 0 Å². The molecule has 6 rings (SSSR count). The van der Waals surface area contributed by atoms with Gasteiger partial charge in [-0.1, -0.05) is 19.9 Å². The zero-order chi connectivity index (χ0) is 40.2. The Morgan fingerprint density at radius 1 is 0.855 bits per heavy atom. The molecule has 0 unspecified atom stereocenters. The molecule has 0 radical (unpaired) electrons. The Morgan fingerprint density at radius 3 is 2.16 bits per heavy atom. The number of fused-ring (bicyclic) bond motifs is 2. The summed E-state index contributed by atoms with van der Waals surface area (Å²) < 4.78 is 80.5. The van der Waals surface area contributed by atoms with E-state index >= 15 is 0 Å². The van der Waals surface area contributed by atoms with Crippen LogP contribution in [0.3, 0.4) is 0 Å². The molecule has 3 aliphatic rings. The lowest BCUT2D eigenvalue weighted by atomic mass is 9.80. The van der Waals surface area contributed by atoms with Gasteiger partial charge in [-0.05, 0) is 130 Å².